The Bertz CT molecular complexity index is 2340. The summed E-state index contributed by atoms with van der Waals surface area (Å²) in [5.41, 5.74) is -2.57. The fourth-order valence-corrected chi connectivity index (χ4v) is 11.9. The van der Waals surface area contributed by atoms with Gasteiger partial charge in [0.05, 0.1) is 16.7 Å². The fraction of sp³-hybridized carbons (Fsp3) is 0.553. The van der Waals surface area contributed by atoms with Gasteiger partial charge in [0.2, 0.25) is 6.43 Å². The van der Waals surface area contributed by atoms with Crippen LogP contribution in [0.15, 0.2) is 98.6 Å². The van der Waals surface area contributed by atoms with E-state index in [1.54, 1.807) is 19.2 Å². The first-order valence-electron chi connectivity index (χ1n) is 22.5. The van der Waals surface area contributed by atoms with Crippen molar-refractivity contribution in [2.45, 2.75) is 110 Å². The molecule has 0 bridgehead atoms. The van der Waals surface area contributed by atoms with E-state index < -0.39 is 59.2 Å². The van der Waals surface area contributed by atoms with Gasteiger partial charge in [0.25, 0.3) is 25.8 Å². The van der Waals surface area contributed by atoms with E-state index in [0.29, 0.717) is 50.7 Å². The zero-order valence-corrected chi connectivity index (χ0v) is 40.2. The molecule has 0 spiro atoms. The topological polar surface area (TPSA) is 128 Å². The molecule has 2 saturated heterocycles. The number of likely N-dealkylation sites (tertiary alicyclic amines) is 1. The lowest BCUT2D eigenvalue weighted by molar-refractivity contribution is -0.0436. The third-order valence-corrected chi connectivity index (χ3v) is 16.8. The predicted molar refractivity (Wildman–Crippen MR) is 250 cm³/mol. The van der Waals surface area contributed by atoms with E-state index >= 15 is 0 Å². The number of alkyl halides is 5. The molecule has 364 valence electrons. The second kappa shape index (κ2) is 22.6. The van der Waals surface area contributed by atoms with Gasteiger partial charge in [0.1, 0.15) is 4.90 Å². The second-order valence-corrected chi connectivity index (χ2v) is 22.9. The summed E-state index contributed by atoms with van der Waals surface area (Å²) in [6, 6.07) is 17.5. The number of ether oxygens (including phenoxy) is 1. The normalized spacial score (nSPS) is 18.7. The molecule has 2 N–H and O–H groups in total. The molecule has 1 aliphatic carbocycles. The van der Waals surface area contributed by atoms with E-state index in [-0.39, 0.29) is 23.5 Å². The number of anilines is 2. The van der Waals surface area contributed by atoms with Crippen LogP contribution in [0.5, 0.6) is 0 Å². The average Bonchev–Trinajstić information content (AvgIpc) is 3.28. The third kappa shape index (κ3) is 14.2. The Balaban J connectivity index is 1.11. The predicted octanol–water partition coefficient (Wildman–Crippen LogP) is 9.24. The molecular weight excluding hydrogens is 922 g/mol. The fourth-order valence-electron chi connectivity index (χ4n) is 8.85. The first kappa shape index (κ1) is 51.6. The smallest absolute Gasteiger partial charge is 0.381 e. The first-order valence-corrected chi connectivity index (χ1v) is 26.5. The van der Waals surface area contributed by atoms with Gasteiger partial charge in [-0.15, -0.1) is 11.8 Å². The maximum absolute atomic E-state index is 14.2. The molecule has 0 saturated carbocycles. The number of hydrogen-bond donors (Lipinski definition) is 2. The summed E-state index contributed by atoms with van der Waals surface area (Å²) < 4.78 is 129. The number of halogens is 5. The van der Waals surface area contributed by atoms with Gasteiger partial charge >= 0.3 is 5.51 Å². The van der Waals surface area contributed by atoms with Crippen LogP contribution in [-0.2, 0) is 24.6 Å². The molecule has 1 amide bonds. The number of nitrogens with zero attached hydrogens (tertiary/aromatic N) is 3. The lowest BCUT2D eigenvalue weighted by Crippen LogP contribution is -2.47. The van der Waals surface area contributed by atoms with Crippen LogP contribution in [0.3, 0.4) is 0 Å². The van der Waals surface area contributed by atoms with Crippen molar-refractivity contribution in [2.24, 2.45) is 5.41 Å². The van der Waals surface area contributed by atoms with Gasteiger partial charge in [-0.3, -0.25) is 9.69 Å². The molecule has 2 aliphatic heterocycles. The molecule has 1 atom stereocenters. The highest BCUT2D eigenvalue weighted by atomic mass is 32.2. The maximum atomic E-state index is 14.2. The summed E-state index contributed by atoms with van der Waals surface area (Å²) in [6.07, 6.45) is 3.96. The molecule has 11 nitrogen and oxygen atoms in total. The molecule has 3 aromatic rings. The van der Waals surface area contributed by atoms with Gasteiger partial charge < -0.3 is 19.9 Å². The number of amides is 1. The van der Waals surface area contributed by atoms with Crippen molar-refractivity contribution in [3.63, 3.8) is 0 Å². The number of sulfonamides is 1. The van der Waals surface area contributed by atoms with Crippen LogP contribution in [0.25, 0.3) is 0 Å². The van der Waals surface area contributed by atoms with Crippen LogP contribution in [0.1, 0.15) is 82.0 Å². The third-order valence-electron chi connectivity index (χ3n) is 12.8. The van der Waals surface area contributed by atoms with Gasteiger partial charge in [0.15, 0.2) is 0 Å². The van der Waals surface area contributed by atoms with Crippen molar-refractivity contribution >= 4 is 48.9 Å². The molecule has 66 heavy (non-hydrogen) atoms. The van der Waals surface area contributed by atoms with Crippen LogP contribution in [-0.4, -0.2) is 122 Å². The van der Waals surface area contributed by atoms with Gasteiger partial charge in [-0.2, -0.15) is 13.2 Å². The molecule has 2 fully saturated rings. The molecule has 2 heterocycles. The zero-order chi connectivity index (χ0) is 47.7. The Kier molecular flexibility index (Phi) is 17.7. The highest BCUT2D eigenvalue weighted by molar-refractivity contribution is 7.99. The number of benzene rings is 3. The van der Waals surface area contributed by atoms with E-state index in [9.17, 15) is 43.6 Å². The minimum atomic E-state index is -6.07. The van der Waals surface area contributed by atoms with Gasteiger partial charge in [0, 0.05) is 93.8 Å². The van der Waals surface area contributed by atoms with Crippen molar-refractivity contribution in [2.75, 3.05) is 75.4 Å². The van der Waals surface area contributed by atoms with Crippen molar-refractivity contribution in [3.05, 3.63) is 89.5 Å². The Morgan fingerprint density at radius 2 is 1.56 bits per heavy atom. The summed E-state index contributed by atoms with van der Waals surface area (Å²) in [5, 5.41) is 3.00. The van der Waals surface area contributed by atoms with E-state index in [1.807, 2.05) is 35.1 Å². The highest BCUT2D eigenvalue weighted by Gasteiger charge is 2.48. The number of rotatable bonds is 20. The second-order valence-electron chi connectivity index (χ2n) is 18.2. The Morgan fingerprint density at radius 3 is 2.20 bits per heavy atom. The Hall–Kier alpha value is -3.75. The largest absolute Gasteiger partial charge is 0.501 e. The number of allylic oxidation sites excluding steroid dienone is 1. The number of thioether (sulfide) groups is 1. The lowest BCUT2D eigenvalue weighted by atomic mass is 9.73. The molecule has 19 heteroatoms. The number of carbonyl (C=O) groups excluding carboxylic acids is 1. The Morgan fingerprint density at radius 1 is 0.879 bits per heavy atom. The summed E-state index contributed by atoms with van der Waals surface area (Å²) in [4.78, 5) is 18.9. The lowest BCUT2D eigenvalue weighted by Gasteiger charge is -2.39. The molecule has 3 aliphatic rings. The summed E-state index contributed by atoms with van der Waals surface area (Å²) in [7, 11) is -9.26. The number of nitrogens with one attached hydrogen (secondary N) is 2. The van der Waals surface area contributed by atoms with Crippen LogP contribution in [0, 0.1) is 5.41 Å². The zero-order valence-electron chi connectivity index (χ0n) is 37.8. The number of hydrogen-bond acceptors (Lipinski definition) is 11. The molecular formula is C47H62F5N5O6S3. The average molecular weight is 984 g/mol. The van der Waals surface area contributed by atoms with Crippen molar-refractivity contribution in [3.8, 4) is 0 Å². The van der Waals surface area contributed by atoms with Crippen molar-refractivity contribution in [1.82, 2.24) is 14.5 Å². The molecule has 3 aromatic carbocycles. The minimum Gasteiger partial charge on any atom is -0.381 e. The summed E-state index contributed by atoms with van der Waals surface area (Å²) in [6.45, 7) is 10.3. The number of piperazine rings is 1. The van der Waals surface area contributed by atoms with Crippen LogP contribution < -0.4 is 14.9 Å². The summed E-state index contributed by atoms with van der Waals surface area (Å²) >= 11 is 1.45. The number of piperidine rings is 1. The number of sulfone groups is 1. The van der Waals surface area contributed by atoms with Gasteiger partial charge in [-0.25, -0.2) is 30.3 Å². The molecule has 1 unspecified atom stereocenters. The quantitative estimate of drug-likeness (QED) is 0.0639. The van der Waals surface area contributed by atoms with Crippen LogP contribution >= 0.6 is 11.8 Å². The molecule has 0 aromatic heterocycles. The van der Waals surface area contributed by atoms with Gasteiger partial charge in [-0.1, -0.05) is 43.2 Å². The number of methoxy groups -OCH3 is 1. The Labute approximate surface area is 390 Å². The summed E-state index contributed by atoms with van der Waals surface area (Å²) in [5.74, 6) is -0.684. The molecule has 0 radical (unpaired) electrons. The van der Waals surface area contributed by atoms with Crippen molar-refractivity contribution < 1.29 is 48.3 Å². The van der Waals surface area contributed by atoms with Crippen LogP contribution in [0.4, 0.5) is 33.3 Å². The highest BCUT2D eigenvalue weighted by Crippen LogP contribution is 2.41. The van der Waals surface area contributed by atoms with E-state index in [4.69, 9.17) is 4.74 Å². The SMILES string of the molecule is COC1CCN(CCC(CSc2ccccc2)Nc2ccc(S(=O)(=O)NC(=O)c3ccc(N4CCN(CC5=C(CCCC(F)F)CC(C)(C)CC5)CC4)cc3)cc2S(=O)(=O)C(F)(F)F)CC1. The molecule has 6 rings (SSSR count). The van der Waals surface area contributed by atoms with Crippen molar-refractivity contribution in [1.29, 1.82) is 0 Å². The van der Waals surface area contributed by atoms with E-state index in [1.165, 1.54) is 35.0 Å². The van der Waals surface area contributed by atoms with E-state index in [2.05, 4.69) is 33.9 Å². The first-order chi connectivity index (χ1) is 31.2. The van der Waals surface area contributed by atoms with Crippen LogP contribution in [0.2, 0.25) is 0 Å². The minimum absolute atomic E-state index is 0.0286. The standard InChI is InChI=1S/C47H62F5N5O6S3/c1-46(2)22-18-36(35(31-46)8-7-11-44(48)49)32-56-26-28-57(29-27-56)38-14-12-34(13-15-38)45(58)54-66(61,62)41-16-17-42(43(30-41)65(59,60)47(50,51)52)53-37(33-64-40-9-5-4-6-10-40)19-23-55-24-20-39(63-3)21-25-55/h4-6,9-10,12-17,30,37,39,44,53H,7-8,11,18-29,31-33H2,1-3H3,(H,54,58). The van der Waals surface area contributed by atoms with Gasteiger partial charge in [-0.05, 0) is 111 Å². The number of carbonyl (C=O) groups is 1. The maximum Gasteiger partial charge on any atom is 0.501 e. The monoisotopic (exact) mass is 983 g/mol. The van der Waals surface area contributed by atoms with E-state index in [0.717, 1.165) is 87.5 Å².